The molecule has 1 aromatic heterocycles. The third-order valence-corrected chi connectivity index (χ3v) is 5.40. The van der Waals surface area contributed by atoms with Crippen LogP contribution in [0.25, 0.3) is 11.1 Å². The van der Waals surface area contributed by atoms with E-state index >= 15 is 0 Å². The molecule has 0 radical (unpaired) electrons. The van der Waals surface area contributed by atoms with E-state index in [0.717, 1.165) is 22.3 Å². The molecular weight excluding hydrogens is 426 g/mol. The van der Waals surface area contributed by atoms with Crippen LogP contribution in [0.5, 0.6) is 0 Å². The van der Waals surface area contributed by atoms with Crippen LogP contribution in [0.15, 0.2) is 54.7 Å². The van der Waals surface area contributed by atoms with E-state index in [2.05, 4.69) is 33.1 Å². The van der Waals surface area contributed by atoms with Crippen LogP contribution in [0.3, 0.4) is 0 Å². The van der Waals surface area contributed by atoms with E-state index < -0.39 is 24.0 Å². The number of carboxylic acids is 1. The molecule has 1 unspecified atom stereocenters. The number of ether oxygens (including phenoxy) is 1. The van der Waals surface area contributed by atoms with Gasteiger partial charge in [0.1, 0.15) is 24.9 Å². The van der Waals surface area contributed by atoms with E-state index in [1.807, 2.05) is 36.4 Å². The molecule has 3 aromatic rings. The highest BCUT2D eigenvalue weighted by Crippen LogP contribution is 2.44. The topological polar surface area (TPSA) is 135 Å². The first-order chi connectivity index (χ1) is 15.9. The second-order valence-corrected chi connectivity index (χ2v) is 7.71. The van der Waals surface area contributed by atoms with Crippen LogP contribution in [-0.4, -0.2) is 50.7 Å². The van der Waals surface area contributed by atoms with Crippen LogP contribution in [0, 0.1) is 0 Å². The molecule has 1 heterocycles. The van der Waals surface area contributed by atoms with Gasteiger partial charge in [0.15, 0.2) is 0 Å². The molecule has 0 aliphatic heterocycles. The Balaban J connectivity index is 1.28. The third kappa shape index (κ3) is 5.00. The molecule has 2 aromatic carbocycles. The Bertz CT molecular complexity index is 1150. The zero-order valence-corrected chi connectivity index (χ0v) is 17.9. The quantitative estimate of drug-likeness (QED) is 0.478. The van der Waals surface area contributed by atoms with Crippen molar-refractivity contribution in [2.75, 3.05) is 6.61 Å². The molecule has 0 bridgehead atoms. The Kier molecular flexibility index (Phi) is 6.34. The highest BCUT2D eigenvalue weighted by molar-refractivity contribution is 5.83. The molecule has 10 heteroatoms. The maximum Gasteiger partial charge on any atom is 0.407 e. The summed E-state index contributed by atoms with van der Waals surface area (Å²) >= 11 is 0. The SMILES string of the molecule is CC(NC(=O)Cn1cc(CNC(=O)OCC2c3ccccc3-c3ccccc32)nn1)C(=O)O. The summed E-state index contributed by atoms with van der Waals surface area (Å²) in [6, 6.07) is 15.2. The Hall–Kier alpha value is -4.21. The molecule has 3 N–H and O–H groups in total. The van der Waals surface area contributed by atoms with Gasteiger partial charge in [0.25, 0.3) is 0 Å². The van der Waals surface area contributed by atoms with Gasteiger partial charge in [-0.15, -0.1) is 5.10 Å². The molecule has 0 fully saturated rings. The smallest absolute Gasteiger partial charge is 0.407 e. The van der Waals surface area contributed by atoms with Crippen LogP contribution in [-0.2, 0) is 27.4 Å². The largest absolute Gasteiger partial charge is 0.480 e. The Labute approximate surface area is 189 Å². The van der Waals surface area contributed by atoms with Crippen molar-refractivity contribution in [2.45, 2.75) is 32.0 Å². The minimum absolute atomic E-state index is 0.0317. The normalized spacial score (nSPS) is 13.0. The van der Waals surface area contributed by atoms with Crippen molar-refractivity contribution >= 4 is 18.0 Å². The molecule has 2 amide bonds. The van der Waals surface area contributed by atoms with Gasteiger partial charge in [0, 0.05) is 5.92 Å². The number of nitrogens with zero attached hydrogens (tertiary/aromatic N) is 3. The predicted octanol–water partition coefficient (Wildman–Crippen LogP) is 1.91. The van der Waals surface area contributed by atoms with Gasteiger partial charge in [-0.25, -0.2) is 9.48 Å². The lowest BCUT2D eigenvalue weighted by atomic mass is 9.98. The number of carboxylic acid groups (broad SMARTS) is 1. The molecule has 1 aliphatic rings. The average Bonchev–Trinajstić information content (AvgIpc) is 3.38. The maximum absolute atomic E-state index is 12.3. The first-order valence-corrected chi connectivity index (χ1v) is 10.4. The Morgan fingerprint density at radius 3 is 2.36 bits per heavy atom. The van der Waals surface area contributed by atoms with Crippen molar-refractivity contribution in [1.82, 2.24) is 25.6 Å². The van der Waals surface area contributed by atoms with E-state index in [0.29, 0.717) is 5.69 Å². The van der Waals surface area contributed by atoms with E-state index in [4.69, 9.17) is 9.84 Å². The number of rotatable bonds is 8. The number of carbonyl (C=O) groups is 3. The molecule has 0 saturated heterocycles. The van der Waals surface area contributed by atoms with Gasteiger partial charge in [-0.2, -0.15) is 0 Å². The summed E-state index contributed by atoms with van der Waals surface area (Å²) in [5.74, 6) is -1.67. The molecule has 0 spiro atoms. The zero-order chi connectivity index (χ0) is 23.4. The summed E-state index contributed by atoms with van der Waals surface area (Å²) < 4.78 is 6.74. The van der Waals surface area contributed by atoms with Gasteiger partial charge < -0.3 is 20.5 Å². The van der Waals surface area contributed by atoms with Crippen molar-refractivity contribution < 1.29 is 24.2 Å². The van der Waals surface area contributed by atoms with Crippen LogP contribution in [0.1, 0.15) is 29.7 Å². The molecule has 0 saturated carbocycles. The minimum atomic E-state index is -1.13. The number of fused-ring (bicyclic) bond motifs is 3. The lowest BCUT2D eigenvalue weighted by Crippen LogP contribution is -2.40. The number of carbonyl (C=O) groups excluding carboxylic acids is 2. The van der Waals surface area contributed by atoms with Crippen LogP contribution in [0.4, 0.5) is 4.79 Å². The average molecular weight is 449 g/mol. The lowest BCUT2D eigenvalue weighted by molar-refractivity contribution is -0.141. The number of nitrogens with one attached hydrogen (secondary N) is 2. The van der Waals surface area contributed by atoms with Crippen molar-refractivity contribution in [2.24, 2.45) is 0 Å². The fourth-order valence-electron chi connectivity index (χ4n) is 3.80. The molecule has 33 heavy (non-hydrogen) atoms. The minimum Gasteiger partial charge on any atom is -0.480 e. The maximum atomic E-state index is 12.3. The Morgan fingerprint density at radius 2 is 1.73 bits per heavy atom. The molecule has 170 valence electrons. The molecular formula is C23H23N5O5. The van der Waals surface area contributed by atoms with Crippen molar-refractivity contribution in [3.8, 4) is 11.1 Å². The fraction of sp³-hybridized carbons (Fsp3) is 0.261. The van der Waals surface area contributed by atoms with Gasteiger partial charge in [-0.1, -0.05) is 53.7 Å². The van der Waals surface area contributed by atoms with Crippen molar-refractivity contribution in [3.63, 3.8) is 0 Å². The summed E-state index contributed by atoms with van der Waals surface area (Å²) in [6.07, 6.45) is 0.911. The summed E-state index contributed by atoms with van der Waals surface area (Å²) in [5.41, 5.74) is 5.00. The van der Waals surface area contributed by atoms with Gasteiger partial charge in [-0.05, 0) is 29.2 Å². The second kappa shape index (κ2) is 9.51. The van der Waals surface area contributed by atoms with E-state index in [1.54, 1.807) is 0 Å². The number of hydrogen-bond acceptors (Lipinski definition) is 6. The van der Waals surface area contributed by atoms with E-state index in [1.165, 1.54) is 17.8 Å². The van der Waals surface area contributed by atoms with Crippen molar-refractivity contribution in [1.29, 1.82) is 0 Å². The number of alkyl carbamates (subject to hydrolysis) is 1. The number of amides is 2. The van der Waals surface area contributed by atoms with Crippen molar-refractivity contribution in [3.05, 3.63) is 71.5 Å². The number of hydrogen-bond donors (Lipinski definition) is 3. The van der Waals surface area contributed by atoms with Gasteiger partial charge >= 0.3 is 12.1 Å². The lowest BCUT2D eigenvalue weighted by Gasteiger charge is -2.14. The second-order valence-electron chi connectivity index (χ2n) is 7.71. The van der Waals surface area contributed by atoms with Crippen LogP contribution in [0.2, 0.25) is 0 Å². The molecule has 1 atom stereocenters. The van der Waals surface area contributed by atoms with Crippen LogP contribution < -0.4 is 10.6 Å². The fourth-order valence-corrected chi connectivity index (χ4v) is 3.80. The Morgan fingerprint density at radius 1 is 1.09 bits per heavy atom. The first-order valence-electron chi connectivity index (χ1n) is 10.4. The number of benzene rings is 2. The summed E-state index contributed by atoms with van der Waals surface area (Å²) in [7, 11) is 0. The summed E-state index contributed by atoms with van der Waals surface area (Å²) in [5, 5.41) is 21.5. The molecule has 1 aliphatic carbocycles. The van der Waals surface area contributed by atoms with Gasteiger partial charge in [0.05, 0.1) is 12.7 Å². The number of aliphatic carboxylic acids is 1. The highest BCUT2D eigenvalue weighted by atomic mass is 16.5. The monoisotopic (exact) mass is 449 g/mol. The van der Waals surface area contributed by atoms with Gasteiger partial charge in [-0.3, -0.25) is 9.59 Å². The number of aromatic nitrogens is 3. The van der Waals surface area contributed by atoms with E-state index in [9.17, 15) is 14.4 Å². The zero-order valence-electron chi connectivity index (χ0n) is 17.9. The van der Waals surface area contributed by atoms with Crippen LogP contribution >= 0.6 is 0 Å². The molecule has 4 rings (SSSR count). The van der Waals surface area contributed by atoms with Gasteiger partial charge in [0.2, 0.25) is 5.91 Å². The third-order valence-electron chi connectivity index (χ3n) is 5.40. The molecule has 10 nitrogen and oxygen atoms in total. The summed E-state index contributed by atoms with van der Waals surface area (Å²) in [6.45, 7) is 1.46. The standard InChI is InChI=1S/C23H23N5O5/c1-14(22(30)31)25-21(29)12-28-11-15(26-27-28)10-24-23(32)33-13-20-18-8-4-2-6-16(18)17-7-3-5-9-19(17)20/h2-9,11,14,20H,10,12-13H2,1H3,(H,24,32)(H,25,29)(H,30,31). The van der Waals surface area contributed by atoms with E-state index in [-0.39, 0.29) is 25.6 Å². The summed E-state index contributed by atoms with van der Waals surface area (Å²) in [4.78, 5) is 34.9. The first kappa shape index (κ1) is 22.0. The highest BCUT2D eigenvalue weighted by Gasteiger charge is 2.29. The predicted molar refractivity (Wildman–Crippen MR) is 117 cm³/mol.